The molecule has 0 aliphatic rings. The number of oxazole rings is 1. The summed E-state index contributed by atoms with van der Waals surface area (Å²) in [6.45, 7) is 0. The molecule has 0 amide bonds. The molecule has 8 aromatic carbocycles. The zero-order valence-corrected chi connectivity index (χ0v) is 30.3. The number of benzene rings is 8. The third kappa shape index (κ3) is 4.99. The van der Waals surface area contributed by atoms with Crippen LogP contribution in [-0.4, -0.2) is 24.5 Å². The summed E-state index contributed by atoms with van der Waals surface area (Å²) in [5.74, 6) is 2.33. The summed E-state index contributed by atoms with van der Waals surface area (Å²) in [5.41, 5.74) is 9.72. The molecular formula is C50H29N5O2. The van der Waals surface area contributed by atoms with Gasteiger partial charge in [-0.05, 0) is 77.5 Å². The van der Waals surface area contributed by atoms with Crippen molar-refractivity contribution in [1.29, 1.82) is 0 Å². The quantitative estimate of drug-likeness (QED) is 0.175. The van der Waals surface area contributed by atoms with Crippen LogP contribution >= 0.6 is 0 Å². The molecule has 0 saturated heterocycles. The number of aromatic nitrogens is 5. The molecule has 0 saturated carbocycles. The van der Waals surface area contributed by atoms with Crippen LogP contribution in [0.1, 0.15) is 0 Å². The van der Waals surface area contributed by atoms with Gasteiger partial charge < -0.3 is 13.4 Å². The molecule has 12 aromatic rings. The largest absolute Gasteiger partial charge is 0.456 e. The SMILES string of the molecule is c1ccc(-c2nc(-c3cccc(-n4c5ccc6ccccc6c5c5ccc6nc(-c7ccccc7)oc6c54)c3)nc(-c3ccc4oc5ccccc5c4c3)n2)cc1. The molecule has 266 valence electrons. The molecule has 7 heteroatoms. The Labute approximate surface area is 325 Å². The van der Waals surface area contributed by atoms with E-state index < -0.39 is 0 Å². The van der Waals surface area contributed by atoms with Crippen molar-refractivity contribution in [2.45, 2.75) is 0 Å². The number of rotatable bonds is 5. The average Bonchev–Trinajstić information content (AvgIpc) is 3.99. The summed E-state index contributed by atoms with van der Waals surface area (Å²) in [6.07, 6.45) is 0. The fourth-order valence-corrected chi connectivity index (χ4v) is 8.22. The maximum absolute atomic E-state index is 6.70. The third-order valence-corrected chi connectivity index (χ3v) is 10.9. The zero-order chi connectivity index (χ0) is 37.5. The molecule has 0 bridgehead atoms. The van der Waals surface area contributed by atoms with Gasteiger partial charge in [-0.15, -0.1) is 0 Å². The molecule has 4 aromatic heterocycles. The Bertz CT molecular complexity index is 3530. The Balaban J connectivity index is 1.09. The standard InChI is InChI=1S/C50H29N5O2/c1-3-13-31(14-4-1)47-52-48(54-49(53-47)34-23-27-43-39(29-34)37-20-9-10-21-42(37)56-43)33-17-11-18-35(28-33)55-41-26-22-30-12-7-8-19-36(30)44(41)38-24-25-40-46(45(38)55)57-50(51-40)32-15-5-2-6-16-32/h1-29H. The van der Waals surface area contributed by atoms with Crippen molar-refractivity contribution in [3.8, 4) is 51.3 Å². The van der Waals surface area contributed by atoms with E-state index in [1.54, 1.807) is 0 Å². The second-order valence-corrected chi connectivity index (χ2v) is 14.2. The van der Waals surface area contributed by atoms with E-state index in [-0.39, 0.29) is 0 Å². The number of fused-ring (bicyclic) bond motifs is 10. The molecule has 0 aliphatic carbocycles. The van der Waals surface area contributed by atoms with E-state index >= 15 is 0 Å². The highest BCUT2D eigenvalue weighted by Gasteiger charge is 2.22. The van der Waals surface area contributed by atoms with Crippen LogP contribution in [0.25, 0.3) is 117 Å². The first kappa shape index (κ1) is 31.5. The maximum atomic E-state index is 6.70. The van der Waals surface area contributed by atoms with Crippen LogP contribution in [0.15, 0.2) is 185 Å². The second kappa shape index (κ2) is 12.3. The van der Waals surface area contributed by atoms with Crippen molar-refractivity contribution in [2.24, 2.45) is 0 Å². The predicted molar refractivity (Wildman–Crippen MR) is 228 cm³/mol. The molecule has 0 atom stereocenters. The number of nitrogens with zero attached hydrogens (tertiary/aromatic N) is 5. The van der Waals surface area contributed by atoms with Crippen molar-refractivity contribution in [1.82, 2.24) is 24.5 Å². The Morgan fingerprint density at radius 3 is 1.89 bits per heavy atom. The summed E-state index contributed by atoms with van der Waals surface area (Å²) < 4.78 is 15.1. The van der Waals surface area contributed by atoms with E-state index in [0.717, 1.165) is 82.8 Å². The number of hydrogen-bond donors (Lipinski definition) is 0. The molecule has 0 unspecified atom stereocenters. The van der Waals surface area contributed by atoms with Crippen molar-refractivity contribution >= 4 is 65.6 Å². The van der Waals surface area contributed by atoms with E-state index in [4.69, 9.17) is 28.8 Å². The molecule has 12 rings (SSSR count). The average molecular weight is 732 g/mol. The van der Waals surface area contributed by atoms with E-state index in [0.29, 0.717) is 23.4 Å². The van der Waals surface area contributed by atoms with Crippen LogP contribution in [0.5, 0.6) is 0 Å². The van der Waals surface area contributed by atoms with Crippen molar-refractivity contribution in [3.05, 3.63) is 176 Å². The van der Waals surface area contributed by atoms with Crippen LogP contribution in [0.2, 0.25) is 0 Å². The van der Waals surface area contributed by atoms with E-state index in [2.05, 4.69) is 89.5 Å². The first-order valence-corrected chi connectivity index (χ1v) is 18.9. The summed E-state index contributed by atoms with van der Waals surface area (Å²) in [6, 6.07) is 59.9. The van der Waals surface area contributed by atoms with Gasteiger partial charge in [0.2, 0.25) is 5.89 Å². The van der Waals surface area contributed by atoms with Crippen LogP contribution in [-0.2, 0) is 0 Å². The summed E-state index contributed by atoms with van der Waals surface area (Å²) in [4.78, 5) is 20.3. The molecule has 4 heterocycles. The van der Waals surface area contributed by atoms with Gasteiger partial charge in [0.1, 0.15) is 16.7 Å². The highest BCUT2D eigenvalue weighted by molar-refractivity contribution is 6.25. The van der Waals surface area contributed by atoms with Gasteiger partial charge in [-0.25, -0.2) is 19.9 Å². The van der Waals surface area contributed by atoms with Crippen molar-refractivity contribution in [2.75, 3.05) is 0 Å². The van der Waals surface area contributed by atoms with Crippen LogP contribution < -0.4 is 0 Å². The van der Waals surface area contributed by atoms with Crippen molar-refractivity contribution < 1.29 is 8.83 Å². The normalized spacial score (nSPS) is 11.9. The molecule has 57 heavy (non-hydrogen) atoms. The van der Waals surface area contributed by atoms with E-state index in [1.165, 1.54) is 10.8 Å². The summed E-state index contributed by atoms with van der Waals surface area (Å²) >= 11 is 0. The minimum absolute atomic E-state index is 0.570. The van der Waals surface area contributed by atoms with Crippen molar-refractivity contribution in [3.63, 3.8) is 0 Å². The van der Waals surface area contributed by atoms with Gasteiger partial charge in [-0.1, -0.05) is 109 Å². The Morgan fingerprint density at radius 2 is 1.07 bits per heavy atom. The van der Waals surface area contributed by atoms with E-state index in [9.17, 15) is 0 Å². The van der Waals surface area contributed by atoms with Gasteiger partial charge >= 0.3 is 0 Å². The minimum Gasteiger partial charge on any atom is -0.456 e. The van der Waals surface area contributed by atoms with Gasteiger partial charge in [0, 0.05) is 49.5 Å². The van der Waals surface area contributed by atoms with Gasteiger partial charge in [0.25, 0.3) is 0 Å². The van der Waals surface area contributed by atoms with Crippen LogP contribution in [0.4, 0.5) is 0 Å². The van der Waals surface area contributed by atoms with Gasteiger partial charge in [0.05, 0.1) is 11.0 Å². The van der Waals surface area contributed by atoms with Crippen LogP contribution in [0, 0.1) is 0 Å². The molecule has 0 aliphatic heterocycles. The molecule has 0 radical (unpaired) electrons. The Morgan fingerprint density at radius 1 is 0.404 bits per heavy atom. The monoisotopic (exact) mass is 731 g/mol. The predicted octanol–water partition coefficient (Wildman–Crippen LogP) is 12.8. The minimum atomic E-state index is 0.570. The number of furan rings is 1. The zero-order valence-electron chi connectivity index (χ0n) is 30.3. The first-order valence-electron chi connectivity index (χ1n) is 18.9. The molecule has 7 nitrogen and oxygen atoms in total. The second-order valence-electron chi connectivity index (χ2n) is 14.2. The van der Waals surface area contributed by atoms with Gasteiger partial charge in [-0.3, -0.25) is 0 Å². The molecule has 0 fully saturated rings. The fraction of sp³-hybridized carbons (Fsp3) is 0. The number of hydrogen-bond acceptors (Lipinski definition) is 6. The van der Waals surface area contributed by atoms with Crippen LogP contribution in [0.3, 0.4) is 0 Å². The topological polar surface area (TPSA) is 82.8 Å². The molecular weight excluding hydrogens is 703 g/mol. The van der Waals surface area contributed by atoms with E-state index in [1.807, 2.05) is 91.0 Å². The smallest absolute Gasteiger partial charge is 0.227 e. The maximum Gasteiger partial charge on any atom is 0.227 e. The fourth-order valence-electron chi connectivity index (χ4n) is 8.22. The number of para-hydroxylation sites is 1. The third-order valence-electron chi connectivity index (χ3n) is 10.9. The summed E-state index contributed by atoms with van der Waals surface area (Å²) in [7, 11) is 0. The highest BCUT2D eigenvalue weighted by atomic mass is 16.3. The summed E-state index contributed by atoms with van der Waals surface area (Å²) in [5, 5.41) is 6.66. The molecule has 0 spiro atoms. The lowest BCUT2D eigenvalue weighted by Gasteiger charge is -2.12. The Kier molecular flexibility index (Phi) is 6.79. The van der Waals surface area contributed by atoms with Gasteiger partial charge in [-0.2, -0.15) is 0 Å². The molecule has 0 N–H and O–H groups in total. The highest BCUT2D eigenvalue weighted by Crippen LogP contribution is 2.42. The lowest BCUT2D eigenvalue weighted by Crippen LogP contribution is -2.01. The Hall–Kier alpha value is -7.90. The lowest BCUT2D eigenvalue weighted by atomic mass is 10.0. The van der Waals surface area contributed by atoms with Gasteiger partial charge in [0.15, 0.2) is 23.1 Å². The lowest BCUT2D eigenvalue weighted by molar-refractivity contribution is 0.621. The first-order chi connectivity index (χ1) is 28.2.